The van der Waals surface area contributed by atoms with Gasteiger partial charge in [0.2, 0.25) is 17.6 Å². The lowest BCUT2D eigenvalue weighted by molar-refractivity contribution is -0.133. The molecule has 3 aromatic rings. The summed E-state index contributed by atoms with van der Waals surface area (Å²) in [5.74, 6) is 0.927. The second-order valence-corrected chi connectivity index (χ2v) is 9.00. The van der Waals surface area contributed by atoms with Crippen LogP contribution in [0, 0.1) is 6.92 Å². The van der Waals surface area contributed by atoms with Crippen molar-refractivity contribution in [1.29, 1.82) is 0 Å². The van der Waals surface area contributed by atoms with Crippen LogP contribution in [0.5, 0.6) is 0 Å². The van der Waals surface area contributed by atoms with Crippen LogP contribution in [-0.4, -0.2) is 32.2 Å². The van der Waals surface area contributed by atoms with E-state index in [4.69, 9.17) is 16.1 Å². The molecule has 0 N–H and O–H groups in total. The summed E-state index contributed by atoms with van der Waals surface area (Å²) in [7, 11) is 0. The number of carbonyl (C=O) groups excluding carboxylic acids is 1. The van der Waals surface area contributed by atoms with Crippen molar-refractivity contribution in [3.8, 4) is 11.4 Å². The molecule has 0 bridgehead atoms. The molecule has 0 unspecified atom stereocenters. The zero-order chi connectivity index (χ0) is 21.0. The molecule has 0 fully saturated rings. The van der Waals surface area contributed by atoms with Gasteiger partial charge in [0, 0.05) is 21.5 Å². The maximum atomic E-state index is 13.1. The van der Waals surface area contributed by atoms with Gasteiger partial charge in [0.25, 0.3) is 0 Å². The maximum absolute atomic E-state index is 13.1. The van der Waals surface area contributed by atoms with E-state index in [2.05, 4.69) is 22.3 Å². The van der Waals surface area contributed by atoms with E-state index in [-0.39, 0.29) is 23.7 Å². The number of benzene rings is 2. The molecule has 0 aliphatic rings. The molecule has 152 valence electrons. The molecule has 1 atom stereocenters. The largest absolute Gasteiger partial charge is 0.337 e. The van der Waals surface area contributed by atoms with Gasteiger partial charge in [0.15, 0.2) is 0 Å². The third-order valence-electron chi connectivity index (χ3n) is 4.46. The number of halogens is 1. The second kappa shape index (κ2) is 9.46. The molecule has 0 saturated heterocycles. The summed E-state index contributed by atoms with van der Waals surface area (Å²) in [6, 6.07) is 15.4. The van der Waals surface area contributed by atoms with Gasteiger partial charge >= 0.3 is 0 Å². The van der Waals surface area contributed by atoms with Gasteiger partial charge < -0.3 is 9.42 Å². The molecule has 5 nitrogen and oxygen atoms in total. The van der Waals surface area contributed by atoms with Crippen molar-refractivity contribution in [3.63, 3.8) is 0 Å². The number of nitrogens with zero attached hydrogens (tertiary/aromatic N) is 3. The van der Waals surface area contributed by atoms with Gasteiger partial charge in [0.1, 0.15) is 6.54 Å². The Morgan fingerprint density at radius 1 is 1.10 bits per heavy atom. The Morgan fingerprint density at radius 3 is 2.38 bits per heavy atom. The number of rotatable bonds is 7. The first kappa shape index (κ1) is 21.4. The highest BCUT2D eigenvalue weighted by molar-refractivity contribution is 8.00. The summed E-state index contributed by atoms with van der Waals surface area (Å²) in [5.41, 5.74) is 2.01. The van der Waals surface area contributed by atoms with Gasteiger partial charge in [-0.15, -0.1) is 11.8 Å². The van der Waals surface area contributed by atoms with E-state index in [9.17, 15) is 4.79 Å². The molecule has 7 heteroatoms. The summed E-state index contributed by atoms with van der Waals surface area (Å²) in [5, 5.41) is 4.46. The highest BCUT2D eigenvalue weighted by Gasteiger charge is 2.26. The van der Waals surface area contributed by atoms with E-state index in [1.807, 2.05) is 52.0 Å². The normalized spacial score (nSPS) is 12.2. The summed E-state index contributed by atoms with van der Waals surface area (Å²) in [6.45, 7) is 8.21. The lowest BCUT2D eigenvalue weighted by Gasteiger charge is -2.27. The Balaban J connectivity index is 1.70. The molecule has 29 heavy (non-hydrogen) atoms. The van der Waals surface area contributed by atoms with Crippen LogP contribution in [0.15, 0.2) is 57.9 Å². The molecule has 3 rings (SSSR count). The summed E-state index contributed by atoms with van der Waals surface area (Å²) in [4.78, 5) is 20.4. The van der Waals surface area contributed by atoms with Gasteiger partial charge in [-0.3, -0.25) is 4.79 Å². The van der Waals surface area contributed by atoms with E-state index in [1.54, 1.807) is 28.8 Å². The molecule has 0 saturated carbocycles. The lowest BCUT2D eigenvalue weighted by Crippen LogP contribution is -2.40. The van der Waals surface area contributed by atoms with Crippen molar-refractivity contribution in [1.82, 2.24) is 15.0 Å². The first-order valence-corrected chi connectivity index (χ1v) is 10.7. The van der Waals surface area contributed by atoms with Crippen LogP contribution in [0.2, 0.25) is 5.02 Å². The fourth-order valence-corrected chi connectivity index (χ4v) is 3.86. The van der Waals surface area contributed by atoms with Crippen LogP contribution in [0.1, 0.15) is 32.2 Å². The minimum Gasteiger partial charge on any atom is -0.337 e. The molecule has 0 radical (unpaired) electrons. The molecule has 1 aromatic heterocycles. The zero-order valence-corrected chi connectivity index (χ0v) is 18.5. The maximum Gasteiger partial charge on any atom is 0.246 e. The van der Waals surface area contributed by atoms with Crippen LogP contribution >= 0.6 is 23.4 Å². The number of hydrogen-bond acceptors (Lipinski definition) is 5. The molecular weight excluding hydrogens is 406 g/mol. The van der Waals surface area contributed by atoms with Crippen molar-refractivity contribution in [2.24, 2.45) is 0 Å². The Hall–Kier alpha value is -2.31. The van der Waals surface area contributed by atoms with E-state index in [0.717, 1.165) is 10.5 Å². The summed E-state index contributed by atoms with van der Waals surface area (Å²) < 4.78 is 5.40. The van der Waals surface area contributed by atoms with Gasteiger partial charge in [-0.25, -0.2) is 0 Å². The van der Waals surface area contributed by atoms with Crippen molar-refractivity contribution in [2.45, 2.75) is 50.4 Å². The number of amides is 1. The van der Waals surface area contributed by atoms with Gasteiger partial charge in [-0.05, 0) is 64.1 Å². The number of aryl methyl sites for hydroxylation is 1. The fourth-order valence-electron chi connectivity index (χ4n) is 2.80. The minimum absolute atomic E-state index is 0.00875. The van der Waals surface area contributed by atoms with Crippen LogP contribution in [-0.2, 0) is 11.3 Å². The Morgan fingerprint density at radius 2 is 1.76 bits per heavy atom. The van der Waals surface area contributed by atoms with Gasteiger partial charge in [-0.2, -0.15) is 4.98 Å². The SMILES string of the molecule is Cc1ccc(S[C@@H](C)C(=O)N(Cc2nc(-c3ccc(Cl)cc3)no2)C(C)C)cc1. The van der Waals surface area contributed by atoms with Gasteiger partial charge in [-0.1, -0.05) is 34.5 Å². The highest BCUT2D eigenvalue weighted by Crippen LogP contribution is 2.26. The standard InChI is InChI=1S/C22H24ClN3O2S/c1-14(2)26(22(27)16(4)29-19-11-5-15(3)6-12-19)13-20-24-21(25-28-20)17-7-9-18(23)10-8-17/h5-12,14,16H,13H2,1-4H3/t16-/m0/s1. The predicted octanol–water partition coefficient (Wildman–Crippen LogP) is 5.62. The summed E-state index contributed by atoms with van der Waals surface area (Å²) >= 11 is 7.48. The number of carbonyl (C=O) groups is 1. The molecular formula is C22H24ClN3O2S. The van der Waals surface area contributed by atoms with Crippen LogP contribution in [0.25, 0.3) is 11.4 Å². The van der Waals surface area contributed by atoms with Crippen molar-refractivity contribution in [2.75, 3.05) is 0 Å². The second-order valence-electron chi connectivity index (χ2n) is 7.15. The molecule has 0 spiro atoms. The number of aromatic nitrogens is 2. The minimum atomic E-state index is -0.223. The first-order valence-electron chi connectivity index (χ1n) is 9.46. The van der Waals surface area contributed by atoms with E-state index < -0.39 is 0 Å². The smallest absolute Gasteiger partial charge is 0.246 e. The molecule has 2 aromatic carbocycles. The summed E-state index contributed by atoms with van der Waals surface area (Å²) in [6.07, 6.45) is 0. The molecule has 0 aliphatic carbocycles. The Bertz CT molecular complexity index is 955. The first-order chi connectivity index (χ1) is 13.8. The number of thioether (sulfide) groups is 1. The van der Waals surface area contributed by atoms with E-state index in [1.165, 1.54) is 5.56 Å². The van der Waals surface area contributed by atoms with E-state index in [0.29, 0.717) is 16.7 Å². The molecule has 1 amide bonds. The van der Waals surface area contributed by atoms with Crippen LogP contribution in [0.3, 0.4) is 0 Å². The van der Waals surface area contributed by atoms with Crippen molar-refractivity contribution < 1.29 is 9.32 Å². The predicted molar refractivity (Wildman–Crippen MR) is 117 cm³/mol. The topological polar surface area (TPSA) is 59.2 Å². The average molecular weight is 430 g/mol. The number of hydrogen-bond donors (Lipinski definition) is 0. The van der Waals surface area contributed by atoms with Crippen molar-refractivity contribution >= 4 is 29.3 Å². The average Bonchev–Trinajstić information content (AvgIpc) is 3.16. The highest BCUT2D eigenvalue weighted by atomic mass is 35.5. The van der Waals surface area contributed by atoms with Gasteiger partial charge in [0.05, 0.1) is 5.25 Å². The monoisotopic (exact) mass is 429 g/mol. The van der Waals surface area contributed by atoms with E-state index >= 15 is 0 Å². The fraction of sp³-hybridized carbons (Fsp3) is 0.318. The van der Waals surface area contributed by atoms with Crippen LogP contribution in [0.4, 0.5) is 0 Å². The quantitative estimate of drug-likeness (QED) is 0.456. The third kappa shape index (κ3) is 5.61. The molecule has 1 heterocycles. The Labute approximate surface area is 180 Å². The lowest BCUT2D eigenvalue weighted by atomic mass is 10.2. The Kier molecular flexibility index (Phi) is 6.98. The third-order valence-corrected chi connectivity index (χ3v) is 5.82. The zero-order valence-electron chi connectivity index (χ0n) is 16.9. The van der Waals surface area contributed by atoms with Crippen LogP contribution < -0.4 is 0 Å². The molecule has 0 aliphatic heterocycles. The van der Waals surface area contributed by atoms with Crippen molar-refractivity contribution in [3.05, 3.63) is 65.0 Å².